The molecule has 0 aromatic rings. The normalized spacial score (nSPS) is 11.3. The van der Waals surface area contributed by atoms with Gasteiger partial charge in [0.05, 0.1) is 6.07 Å². The van der Waals surface area contributed by atoms with E-state index in [-0.39, 0.29) is 5.91 Å². The van der Waals surface area contributed by atoms with Crippen molar-refractivity contribution in [1.82, 2.24) is 10.2 Å². The molecule has 4 nitrogen and oxygen atoms in total. The fraction of sp³-hybridized carbons (Fsp3) is 0.857. The first-order chi connectivity index (χ1) is 8.52. The molecule has 18 heavy (non-hydrogen) atoms. The molecule has 0 aliphatic carbocycles. The quantitative estimate of drug-likeness (QED) is 0.641. The van der Waals surface area contributed by atoms with Crippen LogP contribution in [0.15, 0.2) is 0 Å². The molecule has 0 aromatic heterocycles. The van der Waals surface area contributed by atoms with E-state index in [1.807, 2.05) is 27.9 Å². The maximum absolute atomic E-state index is 12.2. The molecule has 0 radical (unpaired) electrons. The molecular weight excluding hydrogens is 226 g/mol. The van der Waals surface area contributed by atoms with Crippen molar-refractivity contribution in [3.8, 4) is 6.07 Å². The van der Waals surface area contributed by atoms with Gasteiger partial charge in [-0.15, -0.1) is 0 Å². The number of nitriles is 1. The lowest BCUT2D eigenvalue weighted by Gasteiger charge is -2.24. The summed E-state index contributed by atoms with van der Waals surface area (Å²) in [6.07, 6.45) is 3.93. The number of nitrogens with one attached hydrogen (secondary N) is 1. The number of hydrogen-bond donors (Lipinski definition) is 1. The minimum atomic E-state index is -0.818. The van der Waals surface area contributed by atoms with E-state index in [9.17, 15) is 10.1 Å². The molecule has 0 saturated carbocycles. The largest absolute Gasteiger partial charge is 0.355 e. The van der Waals surface area contributed by atoms with Crippen LogP contribution in [0.2, 0.25) is 0 Å². The lowest BCUT2D eigenvalue weighted by Crippen LogP contribution is -2.41. The summed E-state index contributed by atoms with van der Waals surface area (Å²) in [6.45, 7) is 5.62. The van der Waals surface area contributed by atoms with Gasteiger partial charge in [0.1, 0.15) is 5.41 Å². The van der Waals surface area contributed by atoms with Crippen LogP contribution in [0.3, 0.4) is 0 Å². The fourth-order valence-electron chi connectivity index (χ4n) is 2.13. The lowest BCUT2D eigenvalue weighted by molar-refractivity contribution is -0.128. The fourth-order valence-corrected chi connectivity index (χ4v) is 2.13. The van der Waals surface area contributed by atoms with E-state index in [0.717, 1.165) is 25.8 Å². The molecule has 0 aliphatic rings. The summed E-state index contributed by atoms with van der Waals surface area (Å²) >= 11 is 0. The van der Waals surface area contributed by atoms with Crippen molar-refractivity contribution in [1.29, 1.82) is 5.26 Å². The number of nitrogens with zero attached hydrogens (tertiary/aromatic N) is 2. The maximum Gasteiger partial charge on any atom is 0.240 e. The predicted molar refractivity (Wildman–Crippen MR) is 74.0 cm³/mol. The molecule has 0 atom stereocenters. The molecule has 1 amide bonds. The SMILES string of the molecule is CCCC(C#N)(CCC)C(=O)NCCCN(C)C. The van der Waals surface area contributed by atoms with Crippen molar-refractivity contribution in [3.05, 3.63) is 0 Å². The van der Waals surface area contributed by atoms with E-state index in [0.29, 0.717) is 19.4 Å². The molecule has 0 saturated heterocycles. The first-order valence-corrected chi connectivity index (χ1v) is 6.86. The number of carbonyl (C=O) groups is 1. The second-order valence-corrected chi connectivity index (χ2v) is 5.11. The molecule has 0 bridgehead atoms. The molecule has 0 aliphatic heterocycles. The third-order valence-corrected chi connectivity index (χ3v) is 3.07. The minimum Gasteiger partial charge on any atom is -0.355 e. The lowest BCUT2D eigenvalue weighted by atomic mass is 9.80. The summed E-state index contributed by atoms with van der Waals surface area (Å²) in [7, 11) is 4.02. The monoisotopic (exact) mass is 253 g/mol. The van der Waals surface area contributed by atoms with Gasteiger partial charge < -0.3 is 10.2 Å². The van der Waals surface area contributed by atoms with Gasteiger partial charge in [-0.05, 0) is 39.9 Å². The summed E-state index contributed by atoms with van der Waals surface area (Å²) in [5.41, 5.74) is -0.818. The Balaban J connectivity index is 4.34. The maximum atomic E-state index is 12.2. The molecular formula is C14H27N3O. The third-order valence-electron chi connectivity index (χ3n) is 3.07. The van der Waals surface area contributed by atoms with Gasteiger partial charge in [0.2, 0.25) is 5.91 Å². The summed E-state index contributed by atoms with van der Waals surface area (Å²) in [5, 5.41) is 12.2. The number of amides is 1. The Morgan fingerprint density at radius 3 is 2.22 bits per heavy atom. The van der Waals surface area contributed by atoms with Gasteiger partial charge >= 0.3 is 0 Å². The van der Waals surface area contributed by atoms with E-state index >= 15 is 0 Å². The molecule has 4 heteroatoms. The Kier molecular flexibility index (Phi) is 8.40. The highest BCUT2D eigenvalue weighted by atomic mass is 16.2. The average Bonchev–Trinajstić information content (AvgIpc) is 2.33. The second-order valence-electron chi connectivity index (χ2n) is 5.11. The molecule has 0 spiro atoms. The van der Waals surface area contributed by atoms with E-state index < -0.39 is 5.41 Å². The number of rotatable bonds is 9. The first kappa shape index (κ1) is 16.9. The van der Waals surface area contributed by atoms with Gasteiger partial charge in [-0.1, -0.05) is 26.7 Å². The Labute approximate surface area is 111 Å². The van der Waals surface area contributed by atoms with Crippen LogP contribution in [-0.2, 0) is 4.79 Å². The first-order valence-electron chi connectivity index (χ1n) is 6.86. The van der Waals surface area contributed by atoms with E-state index in [1.54, 1.807) is 0 Å². The van der Waals surface area contributed by atoms with E-state index in [2.05, 4.69) is 16.3 Å². The number of hydrogen-bond acceptors (Lipinski definition) is 3. The van der Waals surface area contributed by atoms with Crippen LogP contribution < -0.4 is 5.32 Å². The average molecular weight is 253 g/mol. The topological polar surface area (TPSA) is 56.1 Å². The molecule has 104 valence electrons. The molecule has 0 aromatic carbocycles. The zero-order valence-corrected chi connectivity index (χ0v) is 12.3. The summed E-state index contributed by atoms with van der Waals surface area (Å²) in [4.78, 5) is 14.3. The third kappa shape index (κ3) is 5.50. The minimum absolute atomic E-state index is 0.0903. The molecule has 0 rings (SSSR count). The van der Waals surface area contributed by atoms with Crippen molar-refractivity contribution >= 4 is 5.91 Å². The number of carbonyl (C=O) groups excluding carboxylic acids is 1. The van der Waals surface area contributed by atoms with Crippen LogP contribution in [0.5, 0.6) is 0 Å². The standard InChI is InChI=1S/C14H27N3O/c1-5-8-14(12-15,9-6-2)13(18)16-10-7-11-17(3)4/h5-11H2,1-4H3,(H,16,18). The van der Waals surface area contributed by atoms with Gasteiger partial charge in [-0.3, -0.25) is 4.79 Å². The molecule has 0 fully saturated rings. The highest BCUT2D eigenvalue weighted by Crippen LogP contribution is 2.29. The Morgan fingerprint density at radius 1 is 1.28 bits per heavy atom. The molecule has 0 unspecified atom stereocenters. The predicted octanol–water partition coefficient (Wildman–Crippen LogP) is 2.16. The highest BCUT2D eigenvalue weighted by molar-refractivity contribution is 5.85. The van der Waals surface area contributed by atoms with Crippen LogP contribution in [-0.4, -0.2) is 38.0 Å². The summed E-state index contributed by atoms with van der Waals surface area (Å²) in [5.74, 6) is -0.0903. The van der Waals surface area contributed by atoms with Crippen LogP contribution in [0.4, 0.5) is 0 Å². The van der Waals surface area contributed by atoms with Crippen LogP contribution >= 0.6 is 0 Å². The zero-order chi connectivity index (χ0) is 14.0. The van der Waals surface area contributed by atoms with Crippen molar-refractivity contribution in [2.24, 2.45) is 5.41 Å². The Bertz CT molecular complexity index is 275. The van der Waals surface area contributed by atoms with Gasteiger partial charge in [-0.25, -0.2) is 0 Å². The van der Waals surface area contributed by atoms with Crippen LogP contribution in [0.1, 0.15) is 46.0 Å². The Morgan fingerprint density at radius 2 is 1.83 bits per heavy atom. The molecule has 0 heterocycles. The van der Waals surface area contributed by atoms with Crippen LogP contribution in [0, 0.1) is 16.7 Å². The van der Waals surface area contributed by atoms with E-state index in [4.69, 9.17) is 0 Å². The highest BCUT2D eigenvalue weighted by Gasteiger charge is 2.36. The van der Waals surface area contributed by atoms with Gasteiger partial charge in [-0.2, -0.15) is 5.26 Å². The van der Waals surface area contributed by atoms with E-state index in [1.165, 1.54) is 0 Å². The van der Waals surface area contributed by atoms with Crippen LogP contribution in [0.25, 0.3) is 0 Å². The summed E-state index contributed by atoms with van der Waals surface area (Å²) in [6, 6.07) is 2.24. The van der Waals surface area contributed by atoms with Gasteiger partial charge in [0.25, 0.3) is 0 Å². The smallest absolute Gasteiger partial charge is 0.240 e. The summed E-state index contributed by atoms with van der Waals surface area (Å²) < 4.78 is 0. The van der Waals surface area contributed by atoms with Gasteiger partial charge in [0, 0.05) is 6.54 Å². The van der Waals surface area contributed by atoms with Crippen molar-refractivity contribution in [2.75, 3.05) is 27.2 Å². The second kappa shape index (κ2) is 8.93. The van der Waals surface area contributed by atoms with Crippen molar-refractivity contribution in [3.63, 3.8) is 0 Å². The van der Waals surface area contributed by atoms with Gasteiger partial charge in [0.15, 0.2) is 0 Å². The van der Waals surface area contributed by atoms with Crippen molar-refractivity contribution in [2.45, 2.75) is 46.0 Å². The Hall–Kier alpha value is -1.08. The molecule has 1 N–H and O–H groups in total. The zero-order valence-electron chi connectivity index (χ0n) is 12.3. The van der Waals surface area contributed by atoms with Crippen molar-refractivity contribution < 1.29 is 4.79 Å².